The number of rotatable bonds is 5. The van der Waals surface area contributed by atoms with Crippen molar-refractivity contribution in [2.75, 3.05) is 6.61 Å². The summed E-state index contributed by atoms with van der Waals surface area (Å²) in [5, 5.41) is 16.3. The molecule has 25 heavy (non-hydrogen) atoms. The number of ether oxygens (including phenoxy) is 1. The van der Waals surface area contributed by atoms with Gasteiger partial charge in [-0.3, -0.25) is 9.48 Å². The Morgan fingerprint density at radius 3 is 2.72 bits per heavy atom. The lowest BCUT2D eigenvalue weighted by Crippen LogP contribution is -2.34. The third kappa shape index (κ3) is 3.35. The second-order valence-electron chi connectivity index (χ2n) is 6.44. The summed E-state index contributed by atoms with van der Waals surface area (Å²) in [4.78, 5) is 24.2. The lowest BCUT2D eigenvalue weighted by molar-refractivity contribution is -0.139. The Hall–Kier alpha value is -2.83. The third-order valence-electron chi connectivity index (χ3n) is 4.31. The number of carboxylic acid groups (broad SMARTS) is 1. The van der Waals surface area contributed by atoms with E-state index >= 15 is 0 Å². The van der Waals surface area contributed by atoms with Crippen LogP contribution in [-0.2, 0) is 18.3 Å². The maximum Gasteiger partial charge on any atom is 0.330 e. The van der Waals surface area contributed by atoms with Gasteiger partial charge in [-0.2, -0.15) is 5.10 Å². The zero-order chi connectivity index (χ0) is 18.1. The molecule has 7 heteroatoms. The molecule has 0 fully saturated rings. The first-order chi connectivity index (χ1) is 11.9. The highest BCUT2D eigenvalue weighted by atomic mass is 16.5. The molecule has 7 nitrogen and oxygen atoms in total. The number of aryl methyl sites for hydroxylation is 1. The molecule has 1 aromatic carbocycles. The van der Waals surface area contributed by atoms with Gasteiger partial charge in [0.1, 0.15) is 11.4 Å². The summed E-state index contributed by atoms with van der Waals surface area (Å²) >= 11 is 0. The van der Waals surface area contributed by atoms with Crippen molar-refractivity contribution in [3.05, 3.63) is 46.8 Å². The minimum atomic E-state index is -1.14. The number of carbonyl (C=O) groups is 2. The summed E-state index contributed by atoms with van der Waals surface area (Å²) in [7, 11) is 1.77. The first-order valence-corrected chi connectivity index (χ1v) is 8.20. The fourth-order valence-electron chi connectivity index (χ4n) is 3.01. The van der Waals surface area contributed by atoms with Gasteiger partial charge in [0, 0.05) is 19.2 Å². The molecule has 1 atom stereocenters. The maximum atomic E-state index is 12.5. The molecule has 1 aromatic heterocycles. The second kappa shape index (κ2) is 6.58. The average Bonchev–Trinajstić information content (AvgIpc) is 3.17. The van der Waals surface area contributed by atoms with E-state index in [2.05, 4.69) is 10.4 Å². The van der Waals surface area contributed by atoms with Gasteiger partial charge >= 0.3 is 5.97 Å². The molecule has 2 heterocycles. The molecule has 0 unspecified atom stereocenters. The Kier molecular flexibility index (Phi) is 4.48. The highest BCUT2D eigenvalue weighted by Gasteiger charge is 2.26. The quantitative estimate of drug-likeness (QED) is 0.866. The standard InChI is InChI=1S/C18H21N3O4/c1-10(2)14-9-13(20-21(14)3)17(22)19-16(18(23)24)12-4-5-15-11(8-12)6-7-25-15/h4-5,8-10,16H,6-7H2,1-3H3,(H,19,22)(H,23,24)/t16-/m1/s1. The number of aromatic nitrogens is 2. The van der Waals surface area contributed by atoms with E-state index in [0.29, 0.717) is 12.2 Å². The third-order valence-corrected chi connectivity index (χ3v) is 4.31. The molecule has 2 N–H and O–H groups in total. The van der Waals surface area contributed by atoms with Crippen LogP contribution in [0.2, 0.25) is 0 Å². The number of amides is 1. The number of nitrogens with zero attached hydrogens (tertiary/aromatic N) is 2. The van der Waals surface area contributed by atoms with Gasteiger partial charge in [0.15, 0.2) is 6.04 Å². The molecule has 1 amide bonds. The Labute approximate surface area is 145 Å². The van der Waals surface area contributed by atoms with Gasteiger partial charge in [-0.25, -0.2) is 4.79 Å². The molecule has 3 rings (SSSR count). The van der Waals surface area contributed by atoms with Crippen LogP contribution in [0.3, 0.4) is 0 Å². The van der Waals surface area contributed by atoms with Crippen molar-refractivity contribution < 1.29 is 19.4 Å². The topological polar surface area (TPSA) is 93.5 Å². The number of fused-ring (bicyclic) bond motifs is 1. The summed E-state index contributed by atoms with van der Waals surface area (Å²) in [6.07, 6.45) is 0.738. The van der Waals surface area contributed by atoms with Crippen molar-refractivity contribution in [3.8, 4) is 5.75 Å². The predicted octanol–water partition coefficient (Wildman–Crippen LogP) is 2.03. The first-order valence-electron chi connectivity index (χ1n) is 8.20. The van der Waals surface area contributed by atoms with Gasteiger partial charge in [0.2, 0.25) is 0 Å². The summed E-state index contributed by atoms with van der Waals surface area (Å²) < 4.78 is 7.08. The van der Waals surface area contributed by atoms with Crippen molar-refractivity contribution in [3.63, 3.8) is 0 Å². The first kappa shape index (κ1) is 17.0. The molecule has 0 radical (unpaired) electrons. The summed E-state index contributed by atoms with van der Waals surface area (Å²) in [5.74, 6) is -0.643. The Morgan fingerprint density at radius 2 is 2.08 bits per heavy atom. The van der Waals surface area contributed by atoms with Crippen LogP contribution in [0, 0.1) is 0 Å². The highest BCUT2D eigenvalue weighted by molar-refractivity contribution is 5.95. The van der Waals surface area contributed by atoms with Crippen LogP contribution in [0.5, 0.6) is 5.75 Å². The number of hydrogen-bond acceptors (Lipinski definition) is 4. The average molecular weight is 343 g/mol. The van der Waals surface area contributed by atoms with E-state index < -0.39 is 17.9 Å². The van der Waals surface area contributed by atoms with Crippen LogP contribution >= 0.6 is 0 Å². The SMILES string of the molecule is CC(C)c1cc(C(=O)N[C@@H](C(=O)O)c2ccc3c(c2)CCO3)nn1C. The van der Waals surface area contributed by atoms with E-state index in [9.17, 15) is 14.7 Å². The van der Waals surface area contributed by atoms with Gasteiger partial charge in [0.25, 0.3) is 5.91 Å². The number of carboxylic acids is 1. The van der Waals surface area contributed by atoms with E-state index in [1.807, 2.05) is 13.8 Å². The van der Waals surface area contributed by atoms with E-state index in [0.717, 1.165) is 23.4 Å². The number of benzene rings is 1. The van der Waals surface area contributed by atoms with Crippen LogP contribution in [0.1, 0.15) is 53.1 Å². The fraction of sp³-hybridized carbons (Fsp3) is 0.389. The number of carbonyl (C=O) groups excluding carboxylic acids is 1. The van der Waals surface area contributed by atoms with Crippen LogP contribution < -0.4 is 10.1 Å². The molecular weight excluding hydrogens is 322 g/mol. The zero-order valence-corrected chi connectivity index (χ0v) is 14.4. The van der Waals surface area contributed by atoms with Crippen LogP contribution in [0.25, 0.3) is 0 Å². The number of nitrogens with one attached hydrogen (secondary N) is 1. The highest BCUT2D eigenvalue weighted by Crippen LogP contribution is 2.28. The van der Waals surface area contributed by atoms with Crippen LogP contribution in [0.4, 0.5) is 0 Å². The molecular formula is C18H21N3O4. The Balaban J connectivity index is 1.83. The van der Waals surface area contributed by atoms with Crippen molar-refractivity contribution in [2.24, 2.45) is 7.05 Å². The minimum absolute atomic E-state index is 0.210. The molecule has 0 spiro atoms. The monoisotopic (exact) mass is 343 g/mol. The molecule has 2 aromatic rings. The second-order valence-corrected chi connectivity index (χ2v) is 6.44. The lowest BCUT2D eigenvalue weighted by atomic mass is 10.0. The Bertz CT molecular complexity index is 826. The molecule has 1 aliphatic heterocycles. The maximum absolute atomic E-state index is 12.5. The summed E-state index contributed by atoms with van der Waals surface area (Å²) in [6.45, 7) is 4.60. The van der Waals surface area contributed by atoms with Crippen molar-refractivity contribution >= 4 is 11.9 Å². The lowest BCUT2D eigenvalue weighted by Gasteiger charge is -2.15. The normalized spacial score (nSPS) is 14.1. The van der Waals surface area contributed by atoms with Gasteiger partial charge in [-0.05, 0) is 35.2 Å². The smallest absolute Gasteiger partial charge is 0.330 e. The summed E-state index contributed by atoms with van der Waals surface area (Å²) in [5.41, 5.74) is 2.59. The zero-order valence-electron chi connectivity index (χ0n) is 14.4. The van der Waals surface area contributed by atoms with Gasteiger partial charge in [-0.15, -0.1) is 0 Å². The largest absolute Gasteiger partial charge is 0.493 e. The van der Waals surface area contributed by atoms with Gasteiger partial charge in [0.05, 0.1) is 6.61 Å². The molecule has 0 bridgehead atoms. The molecule has 0 saturated heterocycles. The summed E-state index contributed by atoms with van der Waals surface area (Å²) in [6, 6.07) is 5.75. The Morgan fingerprint density at radius 1 is 1.32 bits per heavy atom. The van der Waals surface area contributed by atoms with Crippen molar-refractivity contribution in [2.45, 2.75) is 32.2 Å². The van der Waals surface area contributed by atoms with Gasteiger partial charge in [-0.1, -0.05) is 19.9 Å². The molecule has 1 aliphatic rings. The molecule has 132 valence electrons. The number of aliphatic carboxylic acids is 1. The molecule has 0 saturated carbocycles. The minimum Gasteiger partial charge on any atom is -0.493 e. The van der Waals surface area contributed by atoms with E-state index in [-0.39, 0.29) is 11.6 Å². The van der Waals surface area contributed by atoms with Crippen LogP contribution in [0.15, 0.2) is 24.3 Å². The van der Waals surface area contributed by atoms with E-state index in [1.165, 1.54) is 0 Å². The van der Waals surface area contributed by atoms with Crippen LogP contribution in [-0.4, -0.2) is 33.4 Å². The van der Waals surface area contributed by atoms with Crippen molar-refractivity contribution in [1.82, 2.24) is 15.1 Å². The van der Waals surface area contributed by atoms with E-state index in [1.54, 1.807) is 36.0 Å². The predicted molar refractivity (Wildman–Crippen MR) is 90.8 cm³/mol. The van der Waals surface area contributed by atoms with E-state index in [4.69, 9.17) is 4.74 Å². The molecule has 0 aliphatic carbocycles. The fourth-order valence-corrected chi connectivity index (χ4v) is 3.01. The van der Waals surface area contributed by atoms with Gasteiger partial charge < -0.3 is 15.2 Å². The number of hydrogen-bond donors (Lipinski definition) is 2. The van der Waals surface area contributed by atoms with Crippen molar-refractivity contribution in [1.29, 1.82) is 0 Å².